The lowest BCUT2D eigenvalue weighted by atomic mass is 10.2. The van der Waals surface area contributed by atoms with Gasteiger partial charge in [0, 0.05) is 29.0 Å². The van der Waals surface area contributed by atoms with Crippen molar-refractivity contribution in [2.24, 2.45) is 0 Å². The summed E-state index contributed by atoms with van der Waals surface area (Å²) in [6, 6.07) is 6.00. The molecule has 2 nitrogen and oxygen atoms in total. The molecule has 6 heteroatoms. The quantitative estimate of drug-likeness (QED) is 0.877. The lowest BCUT2D eigenvalue weighted by Crippen LogP contribution is -2.30. The van der Waals surface area contributed by atoms with Crippen LogP contribution in [0.15, 0.2) is 23.6 Å². The van der Waals surface area contributed by atoms with E-state index in [4.69, 9.17) is 28.2 Å². The van der Waals surface area contributed by atoms with E-state index in [1.54, 1.807) is 17.4 Å². The second-order valence-electron chi connectivity index (χ2n) is 4.25. The van der Waals surface area contributed by atoms with Gasteiger partial charge in [-0.05, 0) is 6.07 Å². The number of nitrogens with zero attached hydrogens (tertiary/aromatic N) is 1. The predicted octanol–water partition coefficient (Wildman–Crippen LogP) is 4.49. The highest BCUT2D eigenvalue weighted by atomic mass is 35.5. The molecule has 0 spiro atoms. The van der Waals surface area contributed by atoms with Gasteiger partial charge >= 0.3 is 0 Å². The molecule has 19 heavy (non-hydrogen) atoms. The van der Waals surface area contributed by atoms with Gasteiger partial charge in [0.2, 0.25) is 0 Å². The molecule has 1 aliphatic heterocycles. The molecular weight excluding hydrogens is 319 g/mol. The summed E-state index contributed by atoms with van der Waals surface area (Å²) in [5, 5.41) is 7.81. The Hall–Kier alpha value is -0.260. The number of hydrogen-bond acceptors (Lipinski definition) is 4. The van der Waals surface area contributed by atoms with Crippen molar-refractivity contribution in [3.8, 4) is 11.3 Å². The van der Waals surface area contributed by atoms with Gasteiger partial charge < -0.3 is 5.32 Å². The molecule has 2 heterocycles. The molecule has 2 aromatic rings. The van der Waals surface area contributed by atoms with E-state index in [-0.39, 0.29) is 0 Å². The van der Waals surface area contributed by atoms with Gasteiger partial charge in [-0.2, -0.15) is 11.8 Å². The number of halogens is 2. The van der Waals surface area contributed by atoms with Gasteiger partial charge in [0.15, 0.2) is 0 Å². The van der Waals surface area contributed by atoms with Crippen LogP contribution >= 0.6 is 46.3 Å². The van der Waals surface area contributed by atoms with E-state index in [1.165, 1.54) is 5.75 Å². The third-order valence-electron chi connectivity index (χ3n) is 2.97. The highest BCUT2D eigenvalue weighted by Gasteiger charge is 2.19. The van der Waals surface area contributed by atoms with Crippen molar-refractivity contribution in [3.63, 3.8) is 0 Å². The maximum absolute atomic E-state index is 6.24. The molecule has 0 aliphatic carbocycles. The van der Waals surface area contributed by atoms with Crippen molar-refractivity contribution in [1.29, 1.82) is 0 Å². The van der Waals surface area contributed by atoms with Crippen LogP contribution in [0.1, 0.15) is 11.0 Å². The van der Waals surface area contributed by atoms with E-state index in [9.17, 15) is 0 Å². The van der Waals surface area contributed by atoms with Crippen LogP contribution in [0.3, 0.4) is 0 Å². The van der Waals surface area contributed by atoms with E-state index in [1.807, 2.05) is 29.3 Å². The lowest BCUT2D eigenvalue weighted by Gasteiger charge is -2.20. The molecule has 1 saturated heterocycles. The van der Waals surface area contributed by atoms with E-state index >= 15 is 0 Å². The summed E-state index contributed by atoms with van der Waals surface area (Å²) >= 11 is 15.9. The van der Waals surface area contributed by atoms with Crippen LogP contribution in [0.25, 0.3) is 11.3 Å². The Bertz CT molecular complexity index is 580. The third-order valence-corrected chi connectivity index (χ3v) is 5.81. The summed E-state index contributed by atoms with van der Waals surface area (Å²) in [5.74, 6) is 2.26. The van der Waals surface area contributed by atoms with Crippen LogP contribution in [-0.2, 0) is 0 Å². The average Bonchev–Trinajstić information content (AvgIpc) is 2.92. The summed E-state index contributed by atoms with van der Waals surface area (Å²) in [4.78, 5) is 4.71. The Morgan fingerprint density at radius 1 is 1.32 bits per heavy atom. The van der Waals surface area contributed by atoms with E-state index in [2.05, 4.69) is 5.32 Å². The van der Waals surface area contributed by atoms with Crippen molar-refractivity contribution < 1.29 is 0 Å². The highest BCUT2D eigenvalue weighted by Crippen LogP contribution is 2.35. The minimum atomic E-state index is 0.357. The van der Waals surface area contributed by atoms with Crippen molar-refractivity contribution in [2.45, 2.75) is 6.04 Å². The summed E-state index contributed by atoms with van der Waals surface area (Å²) < 4.78 is 0. The Labute approximate surface area is 130 Å². The van der Waals surface area contributed by atoms with E-state index in [0.29, 0.717) is 16.1 Å². The average molecular weight is 331 g/mol. The highest BCUT2D eigenvalue weighted by molar-refractivity contribution is 7.99. The molecule has 3 rings (SSSR count). The maximum Gasteiger partial charge on any atom is 0.111 e. The van der Waals surface area contributed by atoms with Crippen LogP contribution in [0.5, 0.6) is 0 Å². The molecule has 0 radical (unpaired) electrons. The largest absolute Gasteiger partial charge is 0.306 e. The van der Waals surface area contributed by atoms with Gasteiger partial charge in [-0.25, -0.2) is 4.98 Å². The van der Waals surface area contributed by atoms with Crippen LogP contribution in [0, 0.1) is 0 Å². The number of thiazole rings is 1. The first-order valence-electron chi connectivity index (χ1n) is 5.96. The number of nitrogens with one attached hydrogen (secondary N) is 1. The van der Waals surface area contributed by atoms with Crippen molar-refractivity contribution >= 4 is 46.3 Å². The second-order valence-corrected chi connectivity index (χ2v) is 7.08. The zero-order valence-corrected chi connectivity index (χ0v) is 13.2. The Morgan fingerprint density at radius 2 is 2.21 bits per heavy atom. The fourth-order valence-electron chi connectivity index (χ4n) is 2.00. The maximum atomic E-state index is 6.24. The Kier molecular flexibility index (Phi) is 4.34. The van der Waals surface area contributed by atoms with Crippen molar-refractivity contribution in [3.05, 3.63) is 38.6 Å². The minimum Gasteiger partial charge on any atom is -0.306 e. The Morgan fingerprint density at radius 3 is 3.00 bits per heavy atom. The van der Waals surface area contributed by atoms with Crippen LogP contribution < -0.4 is 5.32 Å². The van der Waals surface area contributed by atoms with Gasteiger partial charge in [-0.3, -0.25) is 0 Å². The predicted molar refractivity (Wildman–Crippen MR) is 85.6 cm³/mol. The van der Waals surface area contributed by atoms with Crippen molar-refractivity contribution in [1.82, 2.24) is 10.3 Å². The molecule has 1 aromatic heterocycles. The number of rotatable bonds is 2. The number of benzene rings is 1. The van der Waals surface area contributed by atoms with Gasteiger partial charge in [0.05, 0.1) is 21.8 Å². The smallest absolute Gasteiger partial charge is 0.111 e. The van der Waals surface area contributed by atoms with E-state index < -0.39 is 0 Å². The molecule has 1 aromatic carbocycles. The normalized spacial score (nSPS) is 19.6. The van der Waals surface area contributed by atoms with Crippen molar-refractivity contribution in [2.75, 3.05) is 18.1 Å². The first-order chi connectivity index (χ1) is 9.25. The minimum absolute atomic E-state index is 0.357. The van der Waals surface area contributed by atoms with Gasteiger partial charge in [0.25, 0.3) is 0 Å². The summed E-state index contributed by atoms with van der Waals surface area (Å²) in [7, 11) is 0. The Balaban J connectivity index is 1.90. The lowest BCUT2D eigenvalue weighted by molar-refractivity contribution is 0.592. The van der Waals surface area contributed by atoms with Gasteiger partial charge in [-0.15, -0.1) is 11.3 Å². The summed E-state index contributed by atoms with van der Waals surface area (Å²) in [6.07, 6.45) is 0. The van der Waals surface area contributed by atoms with Gasteiger partial charge in [0.1, 0.15) is 5.01 Å². The first-order valence-corrected chi connectivity index (χ1v) is 8.75. The third kappa shape index (κ3) is 2.93. The number of aromatic nitrogens is 1. The molecule has 0 amide bonds. The van der Waals surface area contributed by atoms with E-state index in [0.717, 1.165) is 28.6 Å². The standard InChI is InChI=1S/C13H12Cl2N2S2/c14-9-3-1-2-8(12(9)15)10-7-19-13(17-10)11-6-18-5-4-16-11/h1-3,7,11,16H,4-6H2. The van der Waals surface area contributed by atoms with Crippen LogP contribution in [0.2, 0.25) is 10.0 Å². The fourth-order valence-corrected chi connectivity index (χ4v) is 4.33. The first kappa shape index (κ1) is 13.7. The second kappa shape index (κ2) is 6.02. The molecule has 1 fully saturated rings. The topological polar surface area (TPSA) is 24.9 Å². The molecular formula is C13H12Cl2N2S2. The number of thioether (sulfide) groups is 1. The zero-order chi connectivity index (χ0) is 13.2. The molecule has 1 aliphatic rings. The van der Waals surface area contributed by atoms with Crippen LogP contribution in [0.4, 0.5) is 0 Å². The number of hydrogen-bond donors (Lipinski definition) is 1. The summed E-state index contributed by atoms with van der Waals surface area (Å²) in [6.45, 7) is 1.04. The molecule has 1 unspecified atom stereocenters. The van der Waals surface area contributed by atoms with Crippen LogP contribution in [-0.4, -0.2) is 23.0 Å². The fraction of sp³-hybridized carbons (Fsp3) is 0.308. The molecule has 1 atom stereocenters. The SMILES string of the molecule is Clc1cccc(-c2csc(C3CSCCN3)n2)c1Cl. The molecule has 0 bridgehead atoms. The van der Waals surface area contributed by atoms with Gasteiger partial charge in [-0.1, -0.05) is 35.3 Å². The zero-order valence-electron chi connectivity index (χ0n) is 10.0. The molecule has 1 N–H and O–H groups in total. The summed E-state index contributed by atoms with van der Waals surface area (Å²) in [5.41, 5.74) is 1.81. The monoisotopic (exact) mass is 330 g/mol. The molecule has 0 saturated carbocycles. The molecule has 100 valence electrons.